The van der Waals surface area contributed by atoms with Gasteiger partial charge in [-0.25, -0.2) is 0 Å². The molecule has 1 saturated heterocycles. The van der Waals surface area contributed by atoms with E-state index in [0.717, 1.165) is 38.5 Å². The molecule has 4 rings (SSSR count). The van der Waals surface area contributed by atoms with E-state index in [1.165, 1.54) is 12.5 Å². The topological polar surface area (TPSA) is 146 Å². The van der Waals surface area contributed by atoms with Crippen LogP contribution in [0.3, 0.4) is 0 Å². The van der Waals surface area contributed by atoms with E-state index < -0.39 is 48.8 Å². The molecule has 0 radical (unpaired) electrons. The highest BCUT2D eigenvalue weighted by atomic mass is 16.7. The lowest BCUT2D eigenvalue weighted by molar-refractivity contribution is -0.327. The minimum absolute atomic E-state index is 0.00414. The van der Waals surface area contributed by atoms with Gasteiger partial charge in [0.2, 0.25) is 0 Å². The molecule has 2 saturated carbocycles. The number of hydrogen-bond acceptors (Lipinski definition) is 9. The fourth-order valence-electron chi connectivity index (χ4n) is 7.96. The Morgan fingerprint density at radius 1 is 1.08 bits per heavy atom. The second kappa shape index (κ2) is 10.5. The first-order valence-corrected chi connectivity index (χ1v) is 13.7. The Bertz CT molecular complexity index is 872. The SMILES string of the molecule is CC(=O)OC[C@H](O)[C@]1(C)C=C2CC[C@@H]3C(C)(C)[C@H](O[C@@H]4O[C@H](CO)[C@@H](O)[C@H](O)[C@H]4O)CC[C@@]3(C)[C@@H]2CC1. The molecule has 0 amide bonds. The zero-order chi connectivity index (χ0) is 27.3. The largest absolute Gasteiger partial charge is 0.463 e. The second-order valence-corrected chi connectivity index (χ2v) is 12.9. The van der Waals surface area contributed by atoms with E-state index in [-0.39, 0.29) is 29.5 Å². The normalized spacial score (nSPS) is 46.3. The zero-order valence-corrected chi connectivity index (χ0v) is 22.8. The summed E-state index contributed by atoms with van der Waals surface area (Å²) in [6.45, 7) is 9.70. The molecular weight excluding hydrogens is 480 g/mol. The van der Waals surface area contributed by atoms with Gasteiger partial charge in [-0.15, -0.1) is 0 Å². The average molecular weight is 527 g/mol. The molecule has 0 unspecified atom stereocenters. The van der Waals surface area contributed by atoms with Gasteiger partial charge < -0.3 is 39.7 Å². The standard InChI is InChI=1S/C28H46O9/c1-15(30)35-14-20(31)27(4)10-8-17-16(12-27)6-7-19-26(2,3)21(9-11-28(17,19)5)37-25-24(34)23(33)22(32)18(13-29)36-25/h12,17-25,29,31-34H,6-11,13-14H2,1-5H3/t17-,18-,19-,20+,21-,22-,23+,24-,25+,27+,28+/m1/s1. The van der Waals surface area contributed by atoms with Crippen molar-refractivity contribution in [3.63, 3.8) is 0 Å². The number of ether oxygens (including phenoxy) is 3. The summed E-state index contributed by atoms with van der Waals surface area (Å²) < 4.78 is 17.1. The molecule has 0 bridgehead atoms. The van der Waals surface area contributed by atoms with Gasteiger partial charge in [-0.1, -0.05) is 39.3 Å². The van der Waals surface area contributed by atoms with Crippen LogP contribution in [0, 0.1) is 28.1 Å². The highest BCUT2D eigenvalue weighted by Crippen LogP contribution is 2.64. The van der Waals surface area contributed by atoms with E-state index in [9.17, 15) is 30.3 Å². The first-order valence-electron chi connectivity index (χ1n) is 13.7. The van der Waals surface area contributed by atoms with E-state index in [1.54, 1.807) is 0 Å². The van der Waals surface area contributed by atoms with Gasteiger partial charge in [-0.2, -0.15) is 0 Å². The van der Waals surface area contributed by atoms with Crippen molar-refractivity contribution in [3.8, 4) is 0 Å². The summed E-state index contributed by atoms with van der Waals surface area (Å²) in [6.07, 6.45) is 0.254. The first kappa shape index (κ1) is 28.9. The van der Waals surface area contributed by atoms with Crippen LogP contribution < -0.4 is 0 Å². The molecule has 11 atom stereocenters. The molecule has 1 aliphatic heterocycles. The third kappa shape index (κ3) is 5.13. The van der Waals surface area contributed by atoms with Gasteiger partial charge in [0.15, 0.2) is 6.29 Å². The van der Waals surface area contributed by atoms with Gasteiger partial charge in [-0.05, 0) is 61.2 Å². The molecule has 0 spiro atoms. The van der Waals surface area contributed by atoms with Crippen molar-refractivity contribution in [2.24, 2.45) is 28.1 Å². The van der Waals surface area contributed by atoms with E-state index in [0.29, 0.717) is 11.8 Å². The Morgan fingerprint density at radius 3 is 2.43 bits per heavy atom. The molecule has 9 nitrogen and oxygen atoms in total. The molecule has 212 valence electrons. The molecular formula is C28H46O9. The van der Waals surface area contributed by atoms with Crippen molar-refractivity contribution in [3.05, 3.63) is 11.6 Å². The van der Waals surface area contributed by atoms with E-state index >= 15 is 0 Å². The van der Waals surface area contributed by atoms with Crippen molar-refractivity contribution in [2.45, 2.75) is 116 Å². The number of hydrogen-bond donors (Lipinski definition) is 5. The predicted molar refractivity (Wildman–Crippen MR) is 134 cm³/mol. The van der Waals surface area contributed by atoms with Gasteiger partial charge in [-0.3, -0.25) is 4.79 Å². The summed E-state index contributed by atoms with van der Waals surface area (Å²) in [6, 6.07) is 0. The number of carbonyl (C=O) groups excluding carboxylic acids is 1. The molecule has 0 aromatic rings. The molecule has 37 heavy (non-hydrogen) atoms. The van der Waals surface area contributed by atoms with Crippen LogP contribution in [0.15, 0.2) is 11.6 Å². The number of fused-ring (bicyclic) bond motifs is 3. The van der Waals surface area contributed by atoms with Gasteiger partial charge in [0, 0.05) is 12.3 Å². The Labute approximate surface area is 219 Å². The third-order valence-corrected chi connectivity index (χ3v) is 10.3. The fraction of sp³-hybridized carbons (Fsp3) is 0.893. The monoisotopic (exact) mass is 526 g/mol. The Morgan fingerprint density at radius 2 is 1.78 bits per heavy atom. The number of esters is 1. The lowest BCUT2D eigenvalue weighted by Gasteiger charge is -2.62. The Kier molecular flexibility index (Phi) is 8.20. The van der Waals surface area contributed by atoms with Crippen LogP contribution in [0.5, 0.6) is 0 Å². The maximum atomic E-state index is 11.2. The predicted octanol–water partition coefficient (Wildman–Crippen LogP) is 1.67. The van der Waals surface area contributed by atoms with Gasteiger partial charge in [0.1, 0.15) is 31.0 Å². The van der Waals surface area contributed by atoms with Crippen LogP contribution in [0.2, 0.25) is 0 Å². The number of carbonyl (C=O) groups is 1. The first-order chi connectivity index (χ1) is 17.2. The third-order valence-electron chi connectivity index (χ3n) is 10.3. The molecule has 1 heterocycles. The van der Waals surface area contributed by atoms with E-state index in [1.807, 2.05) is 6.92 Å². The van der Waals surface area contributed by atoms with E-state index in [4.69, 9.17) is 14.2 Å². The molecule has 5 N–H and O–H groups in total. The fourth-order valence-corrected chi connectivity index (χ4v) is 7.96. The minimum Gasteiger partial charge on any atom is -0.463 e. The molecule has 3 aliphatic carbocycles. The van der Waals surface area contributed by atoms with Crippen molar-refractivity contribution >= 4 is 5.97 Å². The van der Waals surface area contributed by atoms with Crippen LogP contribution in [-0.4, -0.2) is 87.6 Å². The number of aliphatic hydroxyl groups excluding tert-OH is 5. The van der Waals surface area contributed by atoms with Crippen LogP contribution in [0.1, 0.15) is 73.1 Å². The highest BCUT2D eigenvalue weighted by molar-refractivity contribution is 5.65. The molecule has 9 heteroatoms. The minimum atomic E-state index is -1.46. The number of rotatable bonds is 6. The quantitative estimate of drug-likeness (QED) is 0.198. The second-order valence-electron chi connectivity index (χ2n) is 12.9. The van der Waals surface area contributed by atoms with Crippen molar-refractivity contribution < 1.29 is 44.5 Å². The molecule has 0 aromatic carbocycles. The molecule has 4 aliphatic rings. The van der Waals surface area contributed by atoms with Crippen LogP contribution in [-0.2, 0) is 19.0 Å². The summed E-state index contributed by atoms with van der Waals surface area (Å²) in [5.41, 5.74) is 0.764. The van der Waals surface area contributed by atoms with Crippen molar-refractivity contribution in [1.82, 2.24) is 0 Å². The Balaban J connectivity index is 1.50. The van der Waals surface area contributed by atoms with E-state index in [2.05, 4.69) is 26.8 Å². The summed E-state index contributed by atoms with van der Waals surface area (Å²) in [5.74, 6) is 0.357. The highest BCUT2D eigenvalue weighted by Gasteiger charge is 2.59. The van der Waals surface area contributed by atoms with Crippen molar-refractivity contribution in [2.75, 3.05) is 13.2 Å². The van der Waals surface area contributed by atoms with Gasteiger partial charge in [0.25, 0.3) is 0 Å². The number of aliphatic hydroxyl groups is 5. The average Bonchev–Trinajstić information content (AvgIpc) is 2.83. The lowest BCUT2D eigenvalue weighted by Crippen LogP contribution is -2.62. The van der Waals surface area contributed by atoms with Crippen LogP contribution >= 0.6 is 0 Å². The van der Waals surface area contributed by atoms with Crippen LogP contribution in [0.25, 0.3) is 0 Å². The van der Waals surface area contributed by atoms with Crippen LogP contribution in [0.4, 0.5) is 0 Å². The summed E-state index contributed by atoms with van der Waals surface area (Å²) in [4.78, 5) is 11.2. The Hall–Kier alpha value is -1.07. The molecule has 0 aromatic heterocycles. The van der Waals surface area contributed by atoms with Gasteiger partial charge >= 0.3 is 5.97 Å². The summed E-state index contributed by atoms with van der Waals surface area (Å²) in [7, 11) is 0. The van der Waals surface area contributed by atoms with Crippen molar-refractivity contribution in [1.29, 1.82) is 0 Å². The zero-order valence-electron chi connectivity index (χ0n) is 22.8. The summed E-state index contributed by atoms with van der Waals surface area (Å²) >= 11 is 0. The lowest BCUT2D eigenvalue weighted by atomic mass is 9.45. The smallest absolute Gasteiger partial charge is 0.302 e. The molecule has 3 fully saturated rings. The maximum absolute atomic E-state index is 11.2. The number of allylic oxidation sites excluding steroid dienone is 1. The summed E-state index contributed by atoms with van der Waals surface area (Å²) in [5, 5.41) is 51.2. The maximum Gasteiger partial charge on any atom is 0.302 e. The van der Waals surface area contributed by atoms with Gasteiger partial charge in [0.05, 0.1) is 18.8 Å².